The molecular formula is C18H23NO4. The van der Waals surface area contributed by atoms with Gasteiger partial charge in [-0.1, -0.05) is 12.2 Å². The number of anilines is 1. The number of benzene rings is 1. The summed E-state index contributed by atoms with van der Waals surface area (Å²) in [7, 11) is 6.99. The van der Waals surface area contributed by atoms with Gasteiger partial charge in [-0.25, -0.2) is 0 Å². The molecule has 2 heterocycles. The maximum absolute atomic E-state index is 6.19. The Hall–Kier alpha value is -2.14. The fourth-order valence-electron chi connectivity index (χ4n) is 3.33. The summed E-state index contributed by atoms with van der Waals surface area (Å²) < 4.78 is 22.9. The first-order chi connectivity index (χ1) is 11.0. The molecule has 0 aliphatic carbocycles. The highest BCUT2D eigenvalue weighted by molar-refractivity contribution is 5.85. The summed E-state index contributed by atoms with van der Waals surface area (Å²) in [6.07, 6.45) is 0.623. The Balaban J connectivity index is 2.19. The van der Waals surface area contributed by atoms with Crippen LogP contribution in [0.1, 0.15) is 18.9 Å². The standard InChI is InChI=1S/C18H23NO4/c1-10(2)14-9-13-17(22-6)12-7-11(20-4)8-15(21-5)16(12)19(3)18(13)23-14/h7-8,14,18H,1,9H2,2-6H3/t14-,18?/m1/s1. The van der Waals surface area contributed by atoms with Crippen molar-refractivity contribution in [1.82, 2.24) is 0 Å². The Labute approximate surface area is 137 Å². The average molecular weight is 317 g/mol. The second kappa shape index (κ2) is 5.81. The van der Waals surface area contributed by atoms with Crippen LogP contribution in [0.5, 0.6) is 11.5 Å². The second-order valence-electron chi connectivity index (χ2n) is 5.92. The zero-order chi connectivity index (χ0) is 16.7. The molecule has 3 rings (SSSR count). The number of hydrogen-bond acceptors (Lipinski definition) is 5. The molecule has 0 spiro atoms. The third-order valence-corrected chi connectivity index (χ3v) is 4.50. The van der Waals surface area contributed by atoms with Crippen molar-refractivity contribution in [3.63, 3.8) is 0 Å². The van der Waals surface area contributed by atoms with Crippen LogP contribution < -0.4 is 14.4 Å². The molecule has 1 unspecified atom stereocenters. The number of ether oxygens (including phenoxy) is 4. The van der Waals surface area contributed by atoms with Crippen molar-refractivity contribution < 1.29 is 18.9 Å². The molecule has 2 atom stereocenters. The van der Waals surface area contributed by atoms with Gasteiger partial charge in [0, 0.05) is 30.7 Å². The Morgan fingerprint density at radius 2 is 1.96 bits per heavy atom. The van der Waals surface area contributed by atoms with Crippen LogP contribution in [-0.2, 0) is 9.47 Å². The van der Waals surface area contributed by atoms with Crippen LogP contribution >= 0.6 is 0 Å². The number of nitrogens with zero attached hydrogens (tertiary/aromatic N) is 1. The van der Waals surface area contributed by atoms with E-state index < -0.39 is 0 Å². The van der Waals surface area contributed by atoms with Gasteiger partial charge in [0.25, 0.3) is 0 Å². The van der Waals surface area contributed by atoms with E-state index in [2.05, 4.69) is 11.5 Å². The number of methoxy groups -OCH3 is 3. The largest absolute Gasteiger partial charge is 0.497 e. The fraction of sp³-hybridized carbons (Fsp3) is 0.444. The van der Waals surface area contributed by atoms with Crippen LogP contribution in [-0.4, -0.2) is 40.7 Å². The number of likely N-dealkylation sites (N-methyl/N-ethyl adjacent to an activating group) is 1. The van der Waals surface area contributed by atoms with Gasteiger partial charge < -0.3 is 23.8 Å². The van der Waals surface area contributed by atoms with Crippen LogP contribution in [0.3, 0.4) is 0 Å². The highest BCUT2D eigenvalue weighted by Gasteiger charge is 2.42. The SMILES string of the molecule is C=C(C)[C@H]1CC2=C(OC)c3cc(OC)cc(OC)c3N(C)C2O1. The first-order valence-electron chi connectivity index (χ1n) is 7.58. The minimum atomic E-state index is -0.165. The van der Waals surface area contributed by atoms with E-state index in [1.165, 1.54) is 0 Å². The van der Waals surface area contributed by atoms with Gasteiger partial charge in [-0.15, -0.1) is 0 Å². The maximum Gasteiger partial charge on any atom is 0.157 e. The normalized spacial score (nSPS) is 22.6. The lowest BCUT2D eigenvalue weighted by Gasteiger charge is -2.35. The molecule has 0 N–H and O–H groups in total. The minimum Gasteiger partial charge on any atom is -0.497 e. The molecule has 2 aliphatic heterocycles. The summed E-state index contributed by atoms with van der Waals surface area (Å²) in [5.74, 6) is 2.31. The summed E-state index contributed by atoms with van der Waals surface area (Å²) >= 11 is 0. The highest BCUT2D eigenvalue weighted by atomic mass is 16.5. The van der Waals surface area contributed by atoms with Crippen molar-refractivity contribution in [1.29, 1.82) is 0 Å². The van der Waals surface area contributed by atoms with Gasteiger partial charge in [-0.2, -0.15) is 0 Å². The van der Waals surface area contributed by atoms with Crippen LogP contribution in [0.15, 0.2) is 29.9 Å². The minimum absolute atomic E-state index is 0.00445. The number of hydrogen-bond donors (Lipinski definition) is 0. The zero-order valence-corrected chi connectivity index (χ0v) is 14.3. The fourth-order valence-corrected chi connectivity index (χ4v) is 3.33. The van der Waals surface area contributed by atoms with Gasteiger partial charge in [0.05, 0.1) is 33.1 Å². The molecule has 1 saturated heterocycles. The molecule has 2 aliphatic rings. The first kappa shape index (κ1) is 15.7. The van der Waals surface area contributed by atoms with E-state index in [9.17, 15) is 0 Å². The van der Waals surface area contributed by atoms with E-state index in [1.54, 1.807) is 21.3 Å². The van der Waals surface area contributed by atoms with E-state index in [1.807, 2.05) is 26.1 Å². The molecule has 1 aromatic rings. The molecule has 0 saturated carbocycles. The molecule has 0 amide bonds. The zero-order valence-electron chi connectivity index (χ0n) is 14.3. The van der Waals surface area contributed by atoms with Crippen molar-refractivity contribution in [2.24, 2.45) is 0 Å². The molecular weight excluding hydrogens is 294 g/mol. The van der Waals surface area contributed by atoms with Gasteiger partial charge >= 0.3 is 0 Å². The van der Waals surface area contributed by atoms with Crippen LogP contribution in [0.4, 0.5) is 5.69 Å². The summed E-state index contributed by atoms with van der Waals surface area (Å²) in [6, 6.07) is 3.85. The van der Waals surface area contributed by atoms with Gasteiger partial charge in [-0.3, -0.25) is 0 Å². The van der Waals surface area contributed by atoms with Crippen LogP contribution in [0.25, 0.3) is 5.76 Å². The van der Waals surface area contributed by atoms with E-state index >= 15 is 0 Å². The third kappa shape index (κ3) is 2.36. The predicted molar refractivity (Wildman–Crippen MR) is 90.0 cm³/mol. The molecule has 1 fully saturated rings. The van der Waals surface area contributed by atoms with E-state index in [0.29, 0.717) is 0 Å². The number of fused-ring (bicyclic) bond motifs is 2. The van der Waals surface area contributed by atoms with Crippen LogP contribution in [0, 0.1) is 0 Å². The maximum atomic E-state index is 6.19. The van der Waals surface area contributed by atoms with Crippen molar-refractivity contribution in [3.8, 4) is 11.5 Å². The molecule has 1 aromatic carbocycles. The molecule has 0 radical (unpaired) electrons. The second-order valence-corrected chi connectivity index (χ2v) is 5.92. The molecule has 23 heavy (non-hydrogen) atoms. The van der Waals surface area contributed by atoms with E-state index in [4.69, 9.17) is 18.9 Å². The van der Waals surface area contributed by atoms with Crippen molar-refractivity contribution in [2.75, 3.05) is 33.3 Å². The van der Waals surface area contributed by atoms with Gasteiger partial charge in [0.15, 0.2) is 6.23 Å². The van der Waals surface area contributed by atoms with Gasteiger partial charge in [0.2, 0.25) is 0 Å². The average Bonchev–Trinajstić information content (AvgIpc) is 2.99. The van der Waals surface area contributed by atoms with Crippen molar-refractivity contribution in [2.45, 2.75) is 25.7 Å². The first-order valence-corrected chi connectivity index (χ1v) is 7.58. The van der Waals surface area contributed by atoms with Gasteiger partial charge in [-0.05, 0) is 13.0 Å². The molecule has 124 valence electrons. The molecule has 5 nitrogen and oxygen atoms in total. The molecule has 5 heteroatoms. The Bertz CT molecular complexity index is 680. The van der Waals surface area contributed by atoms with E-state index in [-0.39, 0.29) is 12.3 Å². The monoisotopic (exact) mass is 317 g/mol. The topological polar surface area (TPSA) is 40.2 Å². The summed E-state index contributed by atoms with van der Waals surface area (Å²) in [5, 5.41) is 0. The lowest BCUT2D eigenvalue weighted by molar-refractivity contribution is 0.0734. The molecule has 0 aromatic heterocycles. The summed E-state index contributed by atoms with van der Waals surface area (Å²) in [6.45, 7) is 6.02. The summed E-state index contributed by atoms with van der Waals surface area (Å²) in [4.78, 5) is 2.09. The van der Waals surface area contributed by atoms with Crippen LogP contribution in [0.2, 0.25) is 0 Å². The smallest absolute Gasteiger partial charge is 0.157 e. The Morgan fingerprint density at radius 3 is 2.52 bits per heavy atom. The number of rotatable bonds is 4. The molecule has 0 bridgehead atoms. The predicted octanol–water partition coefficient (Wildman–Crippen LogP) is 3.20. The highest BCUT2D eigenvalue weighted by Crippen LogP contribution is 2.49. The van der Waals surface area contributed by atoms with E-state index in [0.717, 1.165) is 46.1 Å². The van der Waals surface area contributed by atoms with Crippen molar-refractivity contribution >= 4 is 11.4 Å². The lowest BCUT2D eigenvalue weighted by Crippen LogP contribution is -2.37. The Morgan fingerprint density at radius 1 is 1.22 bits per heavy atom. The third-order valence-electron chi connectivity index (χ3n) is 4.50. The quantitative estimate of drug-likeness (QED) is 0.798. The van der Waals surface area contributed by atoms with Gasteiger partial charge in [0.1, 0.15) is 17.3 Å². The summed E-state index contributed by atoms with van der Waals surface area (Å²) in [5.41, 5.74) is 4.06. The van der Waals surface area contributed by atoms with Crippen molar-refractivity contribution in [3.05, 3.63) is 35.4 Å². The Kier molecular flexibility index (Phi) is 3.98. The lowest BCUT2D eigenvalue weighted by atomic mass is 9.95.